The number of primary amides is 1. The van der Waals surface area contributed by atoms with Gasteiger partial charge in [0.2, 0.25) is 5.91 Å². The van der Waals surface area contributed by atoms with Crippen LogP contribution in [0.4, 0.5) is 11.5 Å². The number of carbonyl (C=O) groups excluding carboxylic acids is 2. The molecule has 3 heterocycles. The summed E-state index contributed by atoms with van der Waals surface area (Å²) in [5.74, 6) is 0.651. The van der Waals surface area contributed by atoms with E-state index < -0.39 is 5.91 Å². The van der Waals surface area contributed by atoms with E-state index in [1.165, 1.54) is 12.7 Å². The molecule has 1 saturated heterocycles. The number of hydrogen-bond acceptors (Lipinski definition) is 6. The Labute approximate surface area is 167 Å². The second kappa shape index (κ2) is 8.09. The molecule has 1 aliphatic rings. The van der Waals surface area contributed by atoms with E-state index in [9.17, 15) is 9.59 Å². The van der Waals surface area contributed by atoms with Crippen molar-refractivity contribution >= 4 is 23.3 Å². The lowest BCUT2D eigenvalue weighted by molar-refractivity contribution is 0.0998. The molecule has 0 atom stereocenters. The van der Waals surface area contributed by atoms with Crippen LogP contribution in [0.5, 0.6) is 0 Å². The second-order valence-corrected chi connectivity index (χ2v) is 6.84. The zero-order chi connectivity index (χ0) is 20.2. The molecule has 148 valence electrons. The van der Waals surface area contributed by atoms with Gasteiger partial charge in [0.1, 0.15) is 30.0 Å². The zero-order valence-electron chi connectivity index (χ0n) is 15.8. The van der Waals surface area contributed by atoms with Gasteiger partial charge in [-0.05, 0) is 43.5 Å². The van der Waals surface area contributed by atoms with Gasteiger partial charge in [-0.25, -0.2) is 15.0 Å². The summed E-state index contributed by atoms with van der Waals surface area (Å²) in [4.78, 5) is 38.7. The van der Waals surface area contributed by atoms with Crippen LogP contribution < -0.4 is 16.0 Å². The predicted molar refractivity (Wildman–Crippen MR) is 108 cm³/mol. The SMILES string of the molecule is NC(=O)c1ccc(NC(=O)c2cn(-c3cc(N4CCCCC4)ncn3)cn2)cc1. The number of rotatable bonds is 5. The quantitative estimate of drug-likeness (QED) is 0.687. The van der Waals surface area contributed by atoms with Gasteiger partial charge in [0, 0.05) is 36.6 Å². The summed E-state index contributed by atoms with van der Waals surface area (Å²) in [5.41, 5.74) is 6.39. The number of aromatic nitrogens is 4. The van der Waals surface area contributed by atoms with Gasteiger partial charge in [-0.3, -0.25) is 14.2 Å². The van der Waals surface area contributed by atoms with E-state index in [1.807, 2.05) is 6.07 Å². The van der Waals surface area contributed by atoms with Crippen LogP contribution in [-0.4, -0.2) is 44.4 Å². The van der Waals surface area contributed by atoms with Crippen LogP contribution in [-0.2, 0) is 0 Å². The average Bonchev–Trinajstić information content (AvgIpc) is 3.25. The smallest absolute Gasteiger partial charge is 0.275 e. The Kier molecular flexibility index (Phi) is 5.19. The first-order chi connectivity index (χ1) is 14.1. The number of nitrogens with zero attached hydrogens (tertiary/aromatic N) is 5. The Morgan fingerprint density at radius 3 is 2.41 bits per heavy atom. The number of hydrogen-bond donors (Lipinski definition) is 2. The Bertz CT molecular complexity index is 1020. The van der Waals surface area contributed by atoms with E-state index in [1.54, 1.807) is 41.4 Å². The third-order valence-corrected chi connectivity index (χ3v) is 4.83. The number of anilines is 2. The zero-order valence-corrected chi connectivity index (χ0v) is 15.8. The number of benzene rings is 1. The molecule has 0 aliphatic carbocycles. The fraction of sp³-hybridized carbons (Fsp3) is 0.250. The predicted octanol–water partition coefficient (Wildman–Crippen LogP) is 2.00. The van der Waals surface area contributed by atoms with Crippen LogP contribution in [0.1, 0.15) is 40.1 Å². The summed E-state index contributed by atoms with van der Waals surface area (Å²) in [6.45, 7) is 1.98. The molecule has 2 aromatic heterocycles. The van der Waals surface area contributed by atoms with Crippen molar-refractivity contribution in [1.82, 2.24) is 19.5 Å². The van der Waals surface area contributed by atoms with E-state index in [4.69, 9.17) is 5.73 Å². The van der Waals surface area contributed by atoms with Crippen LogP contribution in [0.15, 0.2) is 49.2 Å². The van der Waals surface area contributed by atoms with Crippen LogP contribution in [0.2, 0.25) is 0 Å². The van der Waals surface area contributed by atoms with Gasteiger partial charge in [-0.1, -0.05) is 0 Å². The van der Waals surface area contributed by atoms with Crippen LogP contribution in [0.3, 0.4) is 0 Å². The highest BCUT2D eigenvalue weighted by Gasteiger charge is 2.15. The molecule has 0 radical (unpaired) electrons. The molecule has 0 saturated carbocycles. The van der Waals surface area contributed by atoms with Gasteiger partial charge in [-0.15, -0.1) is 0 Å². The lowest BCUT2D eigenvalue weighted by atomic mass is 10.1. The second-order valence-electron chi connectivity index (χ2n) is 6.84. The maximum absolute atomic E-state index is 12.5. The molecule has 9 nitrogen and oxygen atoms in total. The number of nitrogens with two attached hydrogens (primary N) is 1. The monoisotopic (exact) mass is 391 g/mol. The van der Waals surface area contributed by atoms with Gasteiger partial charge >= 0.3 is 0 Å². The van der Waals surface area contributed by atoms with Gasteiger partial charge in [-0.2, -0.15) is 0 Å². The Morgan fingerprint density at radius 1 is 0.966 bits per heavy atom. The first-order valence-electron chi connectivity index (χ1n) is 9.43. The third-order valence-electron chi connectivity index (χ3n) is 4.83. The molecule has 1 aliphatic heterocycles. The summed E-state index contributed by atoms with van der Waals surface area (Å²) < 4.78 is 1.69. The first-order valence-corrected chi connectivity index (χ1v) is 9.43. The lowest BCUT2D eigenvalue weighted by Gasteiger charge is -2.27. The Morgan fingerprint density at radius 2 is 1.69 bits per heavy atom. The maximum Gasteiger partial charge on any atom is 0.275 e. The minimum Gasteiger partial charge on any atom is -0.366 e. The number of imidazole rings is 1. The van der Waals surface area contributed by atoms with E-state index in [-0.39, 0.29) is 11.6 Å². The summed E-state index contributed by atoms with van der Waals surface area (Å²) in [5, 5.41) is 2.74. The molecular weight excluding hydrogens is 370 g/mol. The fourth-order valence-electron chi connectivity index (χ4n) is 3.25. The van der Waals surface area contributed by atoms with Crippen molar-refractivity contribution in [3.8, 4) is 5.82 Å². The first kappa shape index (κ1) is 18.6. The third kappa shape index (κ3) is 4.23. The maximum atomic E-state index is 12.5. The minimum absolute atomic E-state index is 0.252. The van der Waals surface area contributed by atoms with Gasteiger partial charge in [0.25, 0.3) is 5.91 Å². The normalized spacial score (nSPS) is 13.9. The molecule has 29 heavy (non-hydrogen) atoms. The van der Waals surface area contributed by atoms with Gasteiger partial charge in [0.15, 0.2) is 0 Å². The topological polar surface area (TPSA) is 119 Å². The summed E-state index contributed by atoms with van der Waals surface area (Å²) in [6.07, 6.45) is 8.27. The van der Waals surface area contributed by atoms with Crippen molar-refractivity contribution in [3.63, 3.8) is 0 Å². The summed E-state index contributed by atoms with van der Waals surface area (Å²) >= 11 is 0. The van der Waals surface area contributed by atoms with Crippen molar-refractivity contribution in [1.29, 1.82) is 0 Å². The summed E-state index contributed by atoms with van der Waals surface area (Å²) in [6, 6.07) is 8.24. The molecular formula is C20H21N7O2. The van der Waals surface area contributed by atoms with Gasteiger partial charge < -0.3 is 16.0 Å². The fourth-order valence-corrected chi connectivity index (χ4v) is 3.25. The molecule has 3 N–H and O–H groups in total. The highest BCUT2D eigenvalue weighted by molar-refractivity contribution is 6.03. The van der Waals surface area contributed by atoms with Crippen molar-refractivity contribution in [2.75, 3.05) is 23.3 Å². The standard InChI is InChI=1S/C20H21N7O2/c21-19(28)14-4-6-15(7-5-14)25-20(29)16-11-27(13-24-16)18-10-17(22-12-23-18)26-8-2-1-3-9-26/h4-7,10-13H,1-3,8-9H2,(H2,21,28)(H,25,29). The lowest BCUT2D eigenvalue weighted by Crippen LogP contribution is -2.30. The van der Waals surface area contributed by atoms with Gasteiger partial charge in [0.05, 0.1) is 0 Å². The molecule has 9 heteroatoms. The van der Waals surface area contributed by atoms with Crippen molar-refractivity contribution < 1.29 is 9.59 Å². The largest absolute Gasteiger partial charge is 0.366 e. The highest BCUT2D eigenvalue weighted by Crippen LogP contribution is 2.19. The molecule has 4 rings (SSSR count). The van der Waals surface area contributed by atoms with Crippen LogP contribution in [0, 0.1) is 0 Å². The number of carbonyl (C=O) groups is 2. The van der Waals surface area contributed by atoms with E-state index in [0.717, 1.165) is 31.7 Å². The molecule has 1 fully saturated rings. The number of amides is 2. The van der Waals surface area contributed by atoms with E-state index >= 15 is 0 Å². The highest BCUT2D eigenvalue weighted by atomic mass is 16.2. The molecule has 0 spiro atoms. The van der Waals surface area contributed by atoms with Crippen LogP contribution >= 0.6 is 0 Å². The number of nitrogens with one attached hydrogen (secondary N) is 1. The summed E-state index contributed by atoms with van der Waals surface area (Å²) in [7, 11) is 0. The molecule has 0 bridgehead atoms. The average molecular weight is 391 g/mol. The van der Waals surface area contributed by atoms with Crippen molar-refractivity contribution in [2.45, 2.75) is 19.3 Å². The van der Waals surface area contributed by atoms with E-state index in [2.05, 4.69) is 25.2 Å². The minimum atomic E-state index is -0.518. The molecule has 1 aromatic carbocycles. The number of piperidine rings is 1. The molecule has 3 aromatic rings. The Hall–Kier alpha value is -3.75. The Balaban J connectivity index is 1.47. The molecule has 2 amide bonds. The van der Waals surface area contributed by atoms with Crippen molar-refractivity contribution in [3.05, 3.63) is 60.4 Å². The van der Waals surface area contributed by atoms with Crippen molar-refractivity contribution in [2.24, 2.45) is 5.73 Å². The van der Waals surface area contributed by atoms with Crippen LogP contribution in [0.25, 0.3) is 5.82 Å². The molecule has 0 unspecified atom stereocenters. The van der Waals surface area contributed by atoms with E-state index in [0.29, 0.717) is 17.1 Å².